The van der Waals surface area contributed by atoms with Gasteiger partial charge in [-0.1, -0.05) is 0 Å². The van der Waals surface area contributed by atoms with Gasteiger partial charge in [-0.3, -0.25) is 9.59 Å². The van der Waals surface area contributed by atoms with Crippen molar-refractivity contribution in [1.29, 1.82) is 0 Å². The molecule has 0 radical (unpaired) electrons. The molecule has 2 aromatic carbocycles. The van der Waals surface area contributed by atoms with Crippen LogP contribution in [0, 0.1) is 6.92 Å². The Kier molecular flexibility index (Phi) is 3.25. The first-order valence-electron chi connectivity index (χ1n) is 6.81. The third-order valence-corrected chi connectivity index (χ3v) is 3.94. The predicted molar refractivity (Wildman–Crippen MR) is 80.9 cm³/mol. The Morgan fingerprint density at radius 1 is 0.826 bits per heavy atom. The van der Waals surface area contributed by atoms with Gasteiger partial charge in [0, 0.05) is 11.1 Å². The summed E-state index contributed by atoms with van der Waals surface area (Å²) in [6, 6.07) is 4.05. The average Bonchev–Trinajstić information content (AvgIpc) is 2.54. The number of hydrogen-bond donors (Lipinski definition) is 2. The summed E-state index contributed by atoms with van der Waals surface area (Å²) in [5.74, 6) is -1.15. The molecule has 2 N–H and O–H groups in total. The maximum atomic E-state index is 12.7. The third kappa shape index (κ3) is 1.95. The Hall–Kier alpha value is -3.02. The van der Waals surface area contributed by atoms with Crippen molar-refractivity contribution >= 4 is 11.6 Å². The first-order valence-corrected chi connectivity index (χ1v) is 6.81. The van der Waals surface area contributed by atoms with Gasteiger partial charge in [-0.25, -0.2) is 0 Å². The van der Waals surface area contributed by atoms with Gasteiger partial charge >= 0.3 is 0 Å². The lowest BCUT2D eigenvalue weighted by molar-refractivity contribution is 0.0973. The molecule has 0 spiro atoms. The fourth-order valence-corrected chi connectivity index (χ4v) is 2.76. The molecular weight excluding hydrogens is 300 g/mol. The van der Waals surface area contributed by atoms with Gasteiger partial charge in [-0.15, -0.1) is 0 Å². The number of aryl methyl sites for hydroxylation is 1. The molecular formula is C17H14O6. The van der Waals surface area contributed by atoms with Crippen molar-refractivity contribution in [2.24, 2.45) is 0 Å². The Labute approximate surface area is 131 Å². The van der Waals surface area contributed by atoms with Gasteiger partial charge in [0.25, 0.3) is 0 Å². The first kappa shape index (κ1) is 14.9. The molecule has 118 valence electrons. The number of phenols is 2. The van der Waals surface area contributed by atoms with Gasteiger partial charge in [0.1, 0.15) is 11.5 Å². The van der Waals surface area contributed by atoms with Crippen LogP contribution >= 0.6 is 0 Å². The molecule has 6 heteroatoms. The molecule has 2 aromatic rings. The molecule has 3 rings (SSSR count). The van der Waals surface area contributed by atoms with Gasteiger partial charge in [0.05, 0.1) is 25.3 Å². The van der Waals surface area contributed by atoms with Gasteiger partial charge in [-0.05, 0) is 30.7 Å². The number of methoxy groups -OCH3 is 2. The van der Waals surface area contributed by atoms with Crippen LogP contribution in [0.5, 0.6) is 23.0 Å². The Bertz CT molecular complexity index is 866. The Morgan fingerprint density at radius 2 is 1.30 bits per heavy atom. The second kappa shape index (κ2) is 5.01. The fraction of sp³-hybridized carbons (Fsp3) is 0.176. The largest absolute Gasteiger partial charge is 0.507 e. The van der Waals surface area contributed by atoms with Crippen LogP contribution in [-0.2, 0) is 0 Å². The number of benzene rings is 2. The molecule has 0 aliphatic heterocycles. The lowest BCUT2D eigenvalue weighted by atomic mass is 9.82. The highest BCUT2D eigenvalue weighted by Crippen LogP contribution is 2.42. The van der Waals surface area contributed by atoms with Gasteiger partial charge < -0.3 is 19.7 Å². The van der Waals surface area contributed by atoms with Crippen LogP contribution in [0.2, 0.25) is 0 Å². The fourth-order valence-electron chi connectivity index (χ4n) is 2.76. The zero-order valence-electron chi connectivity index (χ0n) is 12.8. The smallest absolute Gasteiger partial charge is 0.198 e. The number of carbonyl (C=O) groups is 2. The molecule has 0 aromatic heterocycles. The molecule has 0 amide bonds. The Morgan fingerprint density at radius 3 is 1.78 bits per heavy atom. The monoisotopic (exact) mass is 314 g/mol. The summed E-state index contributed by atoms with van der Waals surface area (Å²) in [5, 5.41) is 20.2. The average molecular weight is 314 g/mol. The van der Waals surface area contributed by atoms with E-state index in [1.165, 1.54) is 39.3 Å². The molecule has 6 nitrogen and oxygen atoms in total. The summed E-state index contributed by atoms with van der Waals surface area (Å²) in [6.07, 6.45) is 0. The predicted octanol–water partition coefficient (Wildman–Crippen LogP) is 2.20. The van der Waals surface area contributed by atoms with Crippen LogP contribution in [-0.4, -0.2) is 36.0 Å². The molecule has 0 saturated heterocycles. The minimum absolute atomic E-state index is 0.0960. The number of carbonyl (C=O) groups excluding carboxylic acids is 2. The van der Waals surface area contributed by atoms with E-state index in [0.29, 0.717) is 17.1 Å². The van der Waals surface area contributed by atoms with E-state index in [2.05, 4.69) is 0 Å². The second-order valence-electron chi connectivity index (χ2n) is 5.22. The number of ether oxygens (including phenoxy) is 2. The van der Waals surface area contributed by atoms with Crippen LogP contribution in [0.25, 0.3) is 0 Å². The van der Waals surface area contributed by atoms with Crippen molar-refractivity contribution < 1.29 is 29.3 Å². The summed E-state index contributed by atoms with van der Waals surface area (Å²) >= 11 is 0. The molecule has 0 unspecified atom stereocenters. The van der Waals surface area contributed by atoms with E-state index in [9.17, 15) is 19.8 Å². The molecule has 0 saturated carbocycles. The molecule has 0 fully saturated rings. The van der Waals surface area contributed by atoms with Gasteiger partial charge in [0.2, 0.25) is 0 Å². The van der Waals surface area contributed by atoms with Crippen LogP contribution in [0.3, 0.4) is 0 Å². The highest BCUT2D eigenvalue weighted by atomic mass is 16.5. The van der Waals surface area contributed by atoms with E-state index in [1.54, 1.807) is 0 Å². The maximum Gasteiger partial charge on any atom is 0.198 e. The minimum atomic E-state index is -0.552. The molecule has 0 bridgehead atoms. The lowest BCUT2D eigenvalue weighted by Crippen LogP contribution is -2.22. The second-order valence-corrected chi connectivity index (χ2v) is 5.22. The number of rotatable bonds is 2. The SMILES string of the molecule is COc1cc2c(cc1OC)C(=O)c1c(O)c(C)cc(O)c1C2=O. The molecule has 23 heavy (non-hydrogen) atoms. The number of hydrogen-bond acceptors (Lipinski definition) is 6. The molecule has 1 aliphatic rings. The highest BCUT2D eigenvalue weighted by molar-refractivity contribution is 6.30. The van der Waals surface area contributed by atoms with E-state index >= 15 is 0 Å². The van der Waals surface area contributed by atoms with E-state index in [-0.39, 0.29) is 33.8 Å². The van der Waals surface area contributed by atoms with E-state index in [4.69, 9.17) is 9.47 Å². The van der Waals surface area contributed by atoms with Crippen molar-refractivity contribution in [1.82, 2.24) is 0 Å². The standard InChI is InChI=1S/C17H14O6/c1-7-4-10(18)13-14(15(7)19)17(21)9-6-12(23-3)11(22-2)5-8(9)16(13)20/h4-6,18-19H,1-3H3. The quantitative estimate of drug-likeness (QED) is 0.704. The van der Waals surface area contributed by atoms with E-state index in [1.807, 2.05) is 0 Å². The lowest BCUT2D eigenvalue weighted by Gasteiger charge is -2.21. The van der Waals surface area contributed by atoms with Crippen LogP contribution < -0.4 is 9.47 Å². The number of ketones is 2. The third-order valence-electron chi connectivity index (χ3n) is 3.94. The maximum absolute atomic E-state index is 12.7. The zero-order chi connectivity index (χ0) is 16.9. The van der Waals surface area contributed by atoms with Crippen molar-refractivity contribution in [3.63, 3.8) is 0 Å². The summed E-state index contributed by atoms with van der Waals surface area (Å²) in [4.78, 5) is 25.4. The summed E-state index contributed by atoms with van der Waals surface area (Å²) in [6.45, 7) is 1.54. The van der Waals surface area contributed by atoms with E-state index in [0.717, 1.165) is 0 Å². The molecule has 0 atom stereocenters. The van der Waals surface area contributed by atoms with Gasteiger partial charge in [-0.2, -0.15) is 0 Å². The summed E-state index contributed by atoms with van der Waals surface area (Å²) < 4.78 is 10.3. The first-order chi connectivity index (χ1) is 10.9. The highest BCUT2D eigenvalue weighted by Gasteiger charge is 2.36. The topological polar surface area (TPSA) is 93.1 Å². The number of fused-ring (bicyclic) bond motifs is 2. The van der Waals surface area contributed by atoms with Crippen molar-refractivity contribution in [2.45, 2.75) is 6.92 Å². The summed E-state index contributed by atoms with van der Waals surface area (Å²) in [7, 11) is 2.83. The van der Waals surface area contributed by atoms with Crippen LogP contribution in [0.4, 0.5) is 0 Å². The van der Waals surface area contributed by atoms with Crippen molar-refractivity contribution in [2.75, 3.05) is 14.2 Å². The van der Waals surface area contributed by atoms with Crippen molar-refractivity contribution in [3.8, 4) is 23.0 Å². The Balaban J connectivity index is 2.36. The number of aromatic hydroxyl groups is 2. The minimum Gasteiger partial charge on any atom is -0.507 e. The summed E-state index contributed by atoms with van der Waals surface area (Å²) in [5.41, 5.74) is 0.121. The molecule has 0 heterocycles. The van der Waals surface area contributed by atoms with E-state index < -0.39 is 11.6 Å². The van der Waals surface area contributed by atoms with Gasteiger partial charge in [0.15, 0.2) is 23.1 Å². The van der Waals surface area contributed by atoms with Crippen LogP contribution in [0.15, 0.2) is 18.2 Å². The number of phenolic OH excluding ortho intramolecular Hbond substituents is 2. The molecule has 1 aliphatic carbocycles. The van der Waals surface area contributed by atoms with Crippen LogP contribution in [0.1, 0.15) is 37.4 Å². The normalized spacial score (nSPS) is 12.7. The van der Waals surface area contributed by atoms with Crippen molar-refractivity contribution in [3.05, 3.63) is 46.0 Å². The zero-order valence-corrected chi connectivity index (χ0v) is 12.8.